The predicted molar refractivity (Wildman–Crippen MR) is 128 cm³/mol. The number of methoxy groups -OCH3 is 1. The van der Waals surface area contributed by atoms with E-state index in [1.54, 1.807) is 36.4 Å². The molecule has 4 aromatic rings. The van der Waals surface area contributed by atoms with E-state index in [2.05, 4.69) is 15.5 Å². The second kappa shape index (κ2) is 10.4. The number of rotatable bonds is 9. The maximum atomic E-state index is 12.5. The molecule has 34 heavy (non-hydrogen) atoms. The van der Waals surface area contributed by atoms with E-state index in [0.717, 1.165) is 17.3 Å². The maximum absolute atomic E-state index is 12.5. The first-order chi connectivity index (χ1) is 16.4. The second-order valence-electron chi connectivity index (χ2n) is 6.79. The van der Waals surface area contributed by atoms with E-state index in [1.165, 1.54) is 31.5 Å². The Kier molecular flexibility index (Phi) is 7.14. The lowest BCUT2D eigenvalue weighted by Crippen LogP contribution is -2.19. The summed E-state index contributed by atoms with van der Waals surface area (Å²) in [7, 11) is -2.65. The van der Waals surface area contributed by atoms with Crippen LogP contribution in [-0.4, -0.2) is 38.4 Å². The Balaban J connectivity index is 1.38. The quantitative estimate of drug-likeness (QED) is 0.160. The fraction of sp³-hybridized carbons (Fsp3) is 0.0870. The van der Waals surface area contributed by atoms with Crippen molar-refractivity contribution < 1.29 is 26.5 Å². The van der Waals surface area contributed by atoms with Gasteiger partial charge in [-0.15, -0.1) is 0 Å². The second-order valence-corrected chi connectivity index (χ2v) is 9.26. The number of benzene rings is 3. The lowest BCUT2D eigenvalue weighted by molar-refractivity contribution is -0.118. The van der Waals surface area contributed by atoms with Gasteiger partial charge in [0.15, 0.2) is 17.1 Å². The Bertz CT molecular complexity index is 1400. The van der Waals surface area contributed by atoms with Crippen LogP contribution in [-0.2, 0) is 14.9 Å². The van der Waals surface area contributed by atoms with Crippen molar-refractivity contribution in [2.45, 2.75) is 10.1 Å². The van der Waals surface area contributed by atoms with Crippen molar-refractivity contribution in [3.05, 3.63) is 78.4 Å². The van der Waals surface area contributed by atoms with Gasteiger partial charge in [0.05, 0.1) is 19.1 Å². The van der Waals surface area contributed by atoms with Crippen molar-refractivity contribution in [1.82, 2.24) is 10.4 Å². The van der Waals surface area contributed by atoms with Gasteiger partial charge in [0.2, 0.25) is 0 Å². The molecule has 4 rings (SSSR count). The van der Waals surface area contributed by atoms with Crippen LogP contribution in [0.4, 0.5) is 0 Å². The van der Waals surface area contributed by atoms with Crippen molar-refractivity contribution >= 4 is 45.1 Å². The van der Waals surface area contributed by atoms with Crippen LogP contribution in [0.2, 0.25) is 0 Å². The summed E-state index contributed by atoms with van der Waals surface area (Å²) in [6.07, 6.45) is 1.36. The Hall–Kier alpha value is -3.83. The monoisotopic (exact) mass is 497 g/mol. The van der Waals surface area contributed by atoms with Crippen molar-refractivity contribution in [2.24, 2.45) is 5.10 Å². The number of aromatic nitrogens is 1. The molecule has 1 heterocycles. The molecule has 0 aliphatic heterocycles. The van der Waals surface area contributed by atoms with E-state index in [9.17, 15) is 13.2 Å². The third-order valence-corrected chi connectivity index (χ3v) is 6.50. The number of carbonyl (C=O) groups is 1. The van der Waals surface area contributed by atoms with Crippen LogP contribution < -0.4 is 14.3 Å². The first-order valence-corrected chi connectivity index (χ1v) is 12.3. The molecule has 0 unspecified atom stereocenters. The third kappa shape index (κ3) is 5.74. The summed E-state index contributed by atoms with van der Waals surface area (Å²) in [6, 6.07) is 19.7. The van der Waals surface area contributed by atoms with Gasteiger partial charge in [-0.3, -0.25) is 4.79 Å². The van der Waals surface area contributed by atoms with Crippen molar-refractivity contribution in [1.29, 1.82) is 0 Å². The van der Waals surface area contributed by atoms with E-state index in [-0.39, 0.29) is 28.1 Å². The number of thioether (sulfide) groups is 1. The largest absolute Gasteiger partial charge is 0.493 e. The van der Waals surface area contributed by atoms with Gasteiger partial charge >= 0.3 is 10.1 Å². The number of hydrogen-bond donors (Lipinski definition) is 1. The number of oxazole rings is 1. The van der Waals surface area contributed by atoms with E-state index in [4.69, 9.17) is 13.3 Å². The van der Waals surface area contributed by atoms with Gasteiger partial charge in [0.1, 0.15) is 10.4 Å². The molecule has 0 bridgehead atoms. The molecule has 0 fully saturated rings. The third-order valence-electron chi connectivity index (χ3n) is 4.42. The number of hydrogen-bond acceptors (Lipinski definition) is 9. The minimum absolute atomic E-state index is 0.00635. The number of hydrazone groups is 1. The van der Waals surface area contributed by atoms with Gasteiger partial charge in [-0.25, -0.2) is 10.4 Å². The predicted octanol–water partition coefficient (Wildman–Crippen LogP) is 3.85. The van der Waals surface area contributed by atoms with Crippen LogP contribution in [0, 0.1) is 0 Å². The highest BCUT2D eigenvalue weighted by Gasteiger charge is 2.19. The normalized spacial score (nSPS) is 11.6. The Labute approximate surface area is 199 Å². The van der Waals surface area contributed by atoms with Gasteiger partial charge in [-0.1, -0.05) is 42.1 Å². The smallest absolute Gasteiger partial charge is 0.339 e. The van der Waals surface area contributed by atoms with Crippen LogP contribution in [0.3, 0.4) is 0 Å². The minimum atomic E-state index is -4.05. The van der Waals surface area contributed by atoms with Crippen LogP contribution in [0.5, 0.6) is 11.5 Å². The average molecular weight is 498 g/mol. The molecule has 0 spiro atoms. The lowest BCUT2D eigenvalue weighted by Gasteiger charge is -2.11. The number of amides is 1. The van der Waals surface area contributed by atoms with E-state index in [0.29, 0.717) is 16.4 Å². The number of nitrogens with zero attached hydrogens (tertiary/aromatic N) is 2. The summed E-state index contributed by atoms with van der Waals surface area (Å²) in [5.74, 6) is -0.0834. The molecule has 174 valence electrons. The Morgan fingerprint density at radius 2 is 1.85 bits per heavy atom. The summed E-state index contributed by atoms with van der Waals surface area (Å²) in [5, 5.41) is 4.30. The van der Waals surface area contributed by atoms with Crippen LogP contribution in [0.15, 0.2) is 92.4 Å². The highest BCUT2D eigenvalue weighted by Crippen LogP contribution is 2.30. The fourth-order valence-electron chi connectivity index (χ4n) is 2.84. The van der Waals surface area contributed by atoms with Gasteiger partial charge in [-0.2, -0.15) is 13.5 Å². The molecule has 0 saturated carbocycles. The van der Waals surface area contributed by atoms with Crippen LogP contribution in [0.25, 0.3) is 11.1 Å². The minimum Gasteiger partial charge on any atom is -0.493 e. The number of nitrogens with one attached hydrogen (secondary N) is 1. The first kappa shape index (κ1) is 23.3. The molecule has 0 aliphatic carbocycles. The van der Waals surface area contributed by atoms with Gasteiger partial charge < -0.3 is 13.3 Å². The molecule has 0 aliphatic rings. The standard InChI is InChI=1S/C23H19N3O6S2/c1-30-20-12-11-16(13-21(20)32-34(28,29)17-7-3-2-4-8-17)14-24-26-22(27)15-33-23-25-18-9-5-6-10-19(18)31-23/h2-14H,15H2,1H3,(H,26,27)/b24-14-. The van der Waals surface area contributed by atoms with E-state index < -0.39 is 10.1 Å². The number of fused-ring (bicyclic) bond motifs is 1. The Morgan fingerprint density at radius 3 is 2.62 bits per heavy atom. The molecule has 9 nitrogen and oxygen atoms in total. The molecule has 1 N–H and O–H groups in total. The number of carbonyl (C=O) groups excluding carboxylic acids is 1. The van der Waals surface area contributed by atoms with Crippen molar-refractivity contribution in [2.75, 3.05) is 12.9 Å². The SMILES string of the molecule is COc1ccc(/C=N\NC(=O)CSc2nc3ccccc3o2)cc1OS(=O)(=O)c1ccccc1. The fourth-order valence-corrected chi connectivity index (χ4v) is 4.43. The zero-order chi connectivity index (χ0) is 24.0. The summed E-state index contributed by atoms with van der Waals surface area (Å²) < 4.78 is 41.1. The molecule has 0 radical (unpaired) electrons. The average Bonchev–Trinajstić information content (AvgIpc) is 3.26. The van der Waals surface area contributed by atoms with Crippen molar-refractivity contribution in [3.8, 4) is 11.5 Å². The van der Waals surface area contributed by atoms with Crippen LogP contribution >= 0.6 is 11.8 Å². The zero-order valence-corrected chi connectivity index (χ0v) is 19.5. The van der Waals surface area contributed by atoms with Gasteiger partial charge in [0.25, 0.3) is 11.1 Å². The summed E-state index contributed by atoms with van der Waals surface area (Å²) in [4.78, 5) is 16.4. The molecule has 3 aromatic carbocycles. The summed E-state index contributed by atoms with van der Waals surface area (Å²) in [6.45, 7) is 0. The highest BCUT2D eigenvalue weighted by molar-refractivity contribution is 7.99. The molecular weight excluding hydrogens is 478 g/mol. The summed E-state index contributed by atoms with van der Waals surface area (Å²) >= 11 is 1.15. The zero-order valence-electron chi connectivity index (χ0n) is 17.9. The lowest BCUT2D eigenvalue weighted by atomic mass is 10.2. The topological polar surface area (TPSA) is 120 Å². The van der Waals surface area contributed by atoms with Crippen molar-refractivity contribution in [3.63, 3.8) is 0 Å². The summed E-state index contributed by atoms with van der Waals surface area (Å²) in [5.41, 5.74) is 4.27. The first-order valence-electron chi connectivity index (χ1n) is 9.92. The molecule has 1 amide bonds. The molecule has 1 aromatic heterocycles. The van der Waals surface area contributed by atoms with E-state index >= 15 is 0 Å². The molecule has 11 heteroatoms. The van der Waals surface area contributed by atoms with Gasteiger partial charge in [-0.05, 0) is 48.0 Å². The van der Waals surface area contributed by atoms with E-state index in [1.807, 2.05) is 18.2 Å². The van der Waals surface area contributed by atoms with Crippen LogP contribution in [0.1, 0.15) is 5.56 Å². The molecular formula is C23H19N3O6S2. The number of para-hydroxylation sites is 2. The molecule has 0 atom stereocenters. The molecule has 0 saturated heterocycles. The maximum Gasteiger partial charge on any atom is 0.339 e. The van der Waals surface area contributed by atoms with Gasteiger partial charge in [0, 0.05) is 0 Å². The Morgan fingerprint density at radius 1 is 1.09 bits per heavy atom. The number of ether oxygens (including phenoxy) is 1. The highest BCUT2D eigenvalue weighted by atomic mass is 32.2.